The number of hydrogen-bond donors (Lipinski definition) is 1. The molecule has 7 nitrogen and oxygen atoms in total. The molecule has 4 rings (SSSR count). The van der Waals surface area contributed by atoms with E-state index >= 15 is 0 Å². The van der Waals surface area contributed by atoms with Crippen LogP contribution in [-0.4, -0.2) is 42.1 Å². The molecule has 3 heterocycles. The Morgan fingerprint density at radius 2 is 1.97 bits per heavy atom. The molecule has 1 fully saturated rings. The molecule has 7 heteroatoms. The molecule has 1 aromatic carbocycles. The van der Waals surface area contributed by atoms with Crippen molar-refractivity contribution in [1.29, 1.82) is 0 Å². The summed E-state index contributed by atoms with van der Waals surface area (Å²) in [7, 11) is 0. The van der Waals surface area contributed by atoms with E-state index in [0.717, 1.165) is 37.2 Å². The summed E-state index contributed by atoms with van der Waals surface area (Å²) in [5, 5.41) is 2.99. The number of nitrogens with one attached hydrogen (secondary N) is 1. The first-order valence-corrected chi connectivity index (χ1v) is 10.1. The van der Waals surface area contributed by atoms with E-state index in [9.17, 15) is 4.79 Å². The number of nitrogens with zero attached hydrogens (tertiary/aromatic N) is 3. The predicted molar refractivity (Wildman–Crippen MR) is 111 cm³/mol. The molecule has 0 atom stereocenters. The van der Waals surface area contributed by atoms with Crippen molar-refractivity contribution < 1.29 is 13.9 Å². The lowest BCUT2D eigenvalue weighted by molar-refractivity contribution is -0.125. The van der Waals surface area contributed by atoms with Gasteiger partial charge in [-0.2, -0.15) is 4.98 Å². The number of ether oxygens (including phenoxy) is 1. The fourth-order valence-electron chi connectivity index (χ4n) is 3.52. The number of aromatic nitrogens is 2. The van der Waals surface area contributed by atoms with E-state index in [-0.39, 0.29) is 11.8 Å². The van der Waals surface area contributed by atoms with Crippen LogP contribution in [0.4, 0.5) is 6.01 Å². The van der Waals surface area contributed by atoms with Gasteiger partial charge in [-0.25, -0.2) is 4.98 Å². The molecule has 152 valence electrons. The third-order valence-corrected chi connectivity index (χ3v) is 5.17. The number of carbonyl (C=O) groups excluding carboxylic acids is 1. The topological polar surface area (TPSA) is 80.5 Å². The first-order valence-electron chi connectivity index (χ1n) is 10.1. The third-order valence-electron chi connectivity index (χ3n) is 5.17. The number of hydrogen-bond acceptors (Lipinski definition) is 6. The van der Waals surface area contributed by atoms with Gasteiger partial charge in [0.2, 0.25) is 11.6 Å². The van der Waals surface area contributed by atoms with E-state index in [1.807, 2.05) is 49.4 Å². The highest BCUT2D eigenvalue weighted by Crippen LogP contribution is 2.26. The molecule has 2 aromatic heterocycles. The van der Waals surface area contributed by atoms with Crippen LogP contribution in [0.3, 0.4) is 0 Å². The summed E-state index contributed by atoms with van der Waals surface area (Å²) in [6, 6.07) is 14.4. The van der Waals surface area contributed by atoms with Gasteiger partial charge in [0.1, 0.15) is 0 Å². The van der Waals surface area contributed by atoms with Crippen molar-refractivity contribution >= 4 is 23.2 Å². The normalized spacial score (nSPS) is 15.0. The number of carbonyl (C=O) groups is 1. The molecule has 29 heavy (non-hydrogen) atoms. The van der Waals surface area contributed by atoms with Crippen molar-refractivity contribution in [3.05, 3.63) is 53.7 Å². The van der Waals surface area contributed by atoms with E-state index in [1.165, 1.54) is 0 Å². The lowest BCUT2D eigenvalue weighted by atomic mass is 9.96. The summed E-state index contributed by atoms with van der Waals surface area (Å²) in [6.07, 6.45) is 1.56. The third kappa shape index (κ3) is 4.92. The van der Waals surface area contributed by atoms with Crippen LogP contribution in [0, 0.1) is 12.8 Å². The number of rotatable bonds is 7. The van der Waals surface area contributed by atoms with E-state index < -0.39 is 0 Å². The fraction of sp³-hybridized carbons (Fsp3) is 0.409. The Bertz CT molecular complexity index is 949. The Kier molecular flexibility index (Phi) is 6.05. The van der Waals surface area contributed by atoms with Crippen molar-refractivity contribution in [3.8, 4) is 0 Å². The Morgan fingerprint density at radius 1 is 1.17 bits per heavy atom. The minimum atomic E-state index is 0.0186. The van der Waals surface area contributed by atoms with Gasteiger partial charge in [-0.05, 0) is 37.5 Å². The maximum Gasteiger partial charge on any atom is 0.299 e. The SMILES string of the molecule is Cc1ccc2oc(N3CCC(C(=O)NCCOCc4ccccc4)CC3)nc2n1. The summed E-state index contributed by atoms with van der Waals surface area (Å²) in [5.41, 5.74) is 3.38. The Morgan fingerprint density at radius 3 is 2.76 bits per heavy atom. The number of amides is 1. The molecule has 1 aliphatic heterocycles. The van der Waals surface area contributed by atoms with Gasteiger partial charge in [-0.1, -0.05) is 30.3 Å². The predicted octanol–water partition coefficient (Wildman–Crippen LogP) is 3.08. The summed E-state index contributed by atoms with van der Waals surface area (Å²) in [4.78, 5) is 23.4. The highest BCUT2D eigenvalue weighted by Gasteiger charge is 2.27. The summed E-state index contributed by atoms with van der Waals surface area (Å²) >= 11 is 0. The van der Waals surface area contributed by atoms with Crippen molar-refractivity contribution in [2.75, 3.05) is 31.1 Å². The second kappa shape index (κ2) is 9.05. The molecule has 0 saturated carbocycles. The smallest absolute Gasteiger partial charge is 0.299 e. The van der Waals surface area contributed by atoms with Gasteiger partial charge in [0.25, 0.3) is 6.01 Å². The minimum absolute atomic E-state index is 0.0186. The highest BCUT2D eigenvalue weighted by atomic mass is 16.5. The van der Waals surface area contributed by atoms with Crippen molar-refractivity contribution in [2.24, 2.45) is 5.92 Å². The number of aryl methyl sites for hydroxylation is 1. The number of anilines is 1. The number of pyridine rings is 1. The second-order valence-electron chi connectivity index (χ2n) is 7.36. The summed E-state index contributed by atoms with van der Waals surface area (Å²) in [5.74, 6) is 0.118. The maximum atomic E-state index is 12.4. The number of piperidine rings is 1. The van der Waals surface area contributed by atoms with Crippen LogP contribution in [-0.2, 0) is 16.1 Å². The first kappa shape index (κ1) is 19.4. The van der Waals surface area contributed by atoms with Gasteiger partial charge >= 0.3 is 0 Å². The monoisotopic (exact) mass is 394 g/mol. The molecule has 1 amide bonds. The van der Waals surface area contributed by atoms with Gasteiger partial charge in [0, 0.05) is 31.2 Å². The molecule has 1 saturated heterocycles. The Hall–Kier alpha value is -2.93. The minimum Gasteiger partial charge on any atom is -0.422 e. The molecule has 1 N–H and O–H groups in total. The largest absolute Gasteiger partial charge is 0.422 e. The second-order valence-corrected chi connectivity index (χ2v) is 7.36. The number of oxazole rings is 1. The zero-order valence-corrected chi connectivity index (χ0v) is 16.6. The molecule has 0 bridgehead atoms. The van der Waals surface area contributed by atoms with Gasteiger partial charge in [-0.15, -0.1) is 0 Å². The van der Waals surface area contributed by atoms with Crippen LogP contribution in [0.5, 0.6) is 0 Å². The molecule has 0 aliphatic carbocycles. The highest BCUT2D eigenvalue weighted by molar-refractivity contribution is 5.79. The van der Waals surface area contributed by atoms with Crippen molar-refractivity contribution in [3.63, 3.8) is 0 Å². The number of fused-ring (bicyclic) bond motifs is 1. The zero-order chi connectivity index (χ0) is 20.1. The van der Waals surface area contributed by atoms with Crippen LogP contribution in [0.1, 0.15) is 24.1 Å². The molecule has 3 aromatic rings. The van der Waals surface area contributed by atoms with Crippen LogP contribution in [0.25, 0.3) is 11.2 Å². The summed E-state index contributed by atoms with van der Waals surface area (Å²) < 4.78 is 11.4. The lowest BCUT2D eigenvalue weighted by Gasteiger charge is -2.30. The first-order chi connectivity index (χ1) is 14.2. The van der Waals surface area contributed by atoms with Crippen LogP contribution in [0.2, 0.25) is 0 Å². The fourth-order valence-corrected chi connectivity index (χ4v) is 3.52. The van der Waals surface area contributed by atoms with Crippen molar-refractivity contribution in [1.82, 2.24) is 15.3 Å². The lowest BCUT2D eigenvalue weighted by Crippen LogP contribution is -2.41. The summed E-state index contributed by atoms with van der Waals surface area (Å²) in [6.45, 7) is 5.03. The maximum absolute atomic E-state index is 12.4. The van der Waals surface area contributed by atoms with Gasteiger partial charge in [-0.3, -0.25) is 4.79 Å². The van der Waals surface area contributed by atoms with Gasteiger partial charge < -0.3 is 19.4 Å². The Labute approximate surface area is 170 Å². The molecule has 1 aliphatic rings. The zero-order valence-electron chi connectivity index (χ0n) is 16.6. The van der Waals surface area contributed by atoms with E-state index in [1.54, 1.807) is 0 Å². The van der Waals surface area contributed by atoms with E-state index in [2.05, 4.69) is 20.2 Å². The van der Waals surface area contributed by atoms with E-state index in [4.69, 9.17) is 9.15 Å². The Balaban J connectivity index is 1.19. The average molecular weight is 394 g/mol. The van der Waals surface area contributed by atoms with Crippen LogP contribution < -0.4 is 10.2 Å². The van der Waals surface area contributed by atoms with Crippen LogP contribution >= 0.6 is 0 Å². The van der Waals surface area contributed by atoms with Crippen LogP contribution in [0.15, 0.2) is 46.9 Å². The quantitative estimate of drug-likeness (QED) is 0.621. The molecule has 0 unspecified atom stereocenters. The molecular formula is C22H26N4O3. The van der Waals surface area contributed by atoms with Gasteiger partial charge in [0.05, 0.1) is 13.2 Å². The van der Waals surface area contributed by atoms with E-state index in [0.29, 0.717) is 37.0 Å². The molecule has 0 radical (unpaired) electrons. The standard InChI is InChI=1S/C22H26N4O3/c1-16-7-8-19-20(24-16)25-22(29-19)26-12-9-18(10-13-26)21(27)23-11-14-28-15-17-5-3-2-4-6-17/h2-8,18H,9-15H2,1H3,(H,23,27). The molecular weight excluding hydrogens is 368 g/mol. The average Bonchev–Trinajstić information content (AvgIpc) is 3.17. The van der Waals surface area contributed by atoms with Crippen molar-refractivity contribution in [2.45, 2.75) is 26.4 Å². The number of benzene rings is 1. The van der Waals surface area contributed by atoms with Gasteiger partial charge in [0.15, 0.2) is 5.58 Å². The molecule has 0 spiro atoms.